The van der Waals surface area contributed by atoms with Crippen LogP contribution in [0.25, 0.3) is 0 Å². The summed E-state index contributed by atoms with van der Waals surface area (Å²) in [6, 6.07) is 10.7. The van der Waals surface area contributed by atoms with Gasteiger partial charge in [-0.3, -0.25) is 9.59 Å². The van der Waals surface area contributed by atoms with Gasteiger partial charge < -0.3 is 20.1 Å². The summed E-state index contributed by atoms with van der Waals surface area (Å²) < 4.78 is 9.89. The SMILES string of the molecule is CCOC(=O)c1c(NC(=O)c2ccc(Cl)cc2Cl)sc(C(=O)Nc2ccccc2C(=O)OC)c1C. The maximum atomic E-state index is 13.1. The summed E-state index contributed by atoms with van der Waals surface area (Å²) in [4.78, 5) is 50.9. The normalized spacial score (nSPS) is 10.4. The van der Waals surface area contributed by atoms with E-state index < -0.39 is 23.8 Å². The second-order valence-electron chi connectivity index (χ2n) is 7.05. The zero-order chi connectivity index (χ0) is 25.7. The minimum atomic E-state index is -0.701. The number of methoxy groups -OCH3 is 1. The van der Waals surface area contributed by atoms with E-state index in [0.29, 0.717) is 10.6 Å². The molecule has 8 nitrogen and oxygen atoms in total. The smallest absolute Gasteiger partial charge is 0.341 e. The molecule has 0 saturated heterocycles. The first-order chi connectivity index (χ1) is 16.7. The molecule has 0 saturated carbocycles. The number of hydrogen-bond acceptors (Lipinski definition) is 7. The Hall–Kier alpha value is -3.40. The minimum Gasteiger partial charge on any atom is -0.465 e. The van der Waals surface area contributed by atoms with E-state index >= 15 is 0 Å². The molecule has 1 heterocycles. The maximum absolute atomic E-state index is 13.1. The standard InChI is InChI=1S/C24H20Cl2N2O6S/c1-4-34-24(32)18-12(2)19(21(30)27-17-8-6-5-7-15(17)23(31)33-3)35-22(18)28-20(29)14-10-9-13(25)11-16(14)26/h5-11H,4H2,1-3H3,(H,27,30)(H,28,29). The lowest BCUT2D eigenvalue weighted by Crippen LogP contribution is -2.16. The summed E-state index contributed by atoms with van der Waals surface area (Å²) >= 11 is 12.9. The summed E-state index contributed by atoms with van der Waals surface area (Å²) in [5.74, 6) is -2.50. The average Bonchev–Trinajstić information content (AvgIpc) is 3.14. The number of nitrogens with one attached hydrogen (secondary N) is 2. The van der Waals surface area contributed by atoms with E-state index in [1.54, 1.807) is 32.0 Å². The van der Waals surface area contributed by atoms with Gasteiger partial charge in [-0.25, -0.2) is 9.59 Å². The first-order valence-electron chi connectivity index (χ1n) is 10.2. The van der Waals surface area contributed by atoms with Crippen molar-refractivity contribution in [3.05, 3.63) is 79.6 Å². The van der Waals surface area contributed by atoms with E-state index in [1.165, 1.54) is 31.4 Å². The maximum Gasteiger partial charge on any atom is 0.341 e. The Labute approximate surface area is 215 Å². The Bertz CT molecular complexity index is 1320. The molecule has 35 heavy (non-hydrogen) atoms. The molecule has 0 unspecified atom stereocenters. The molecule has 2 N–H and O–H groups in total. The van der Waals surface area contributed by atoms with E-state index in [9.17, 15) is 19.2 Å². The van der Waals surface area contributed by atoms with Crippen LogP contribution in [-0.4, -0.2) is 37.5 Å². The first-order valence-corrected chi connectivity index (χ1v) is 11.8. The number of carbonyl (C=O) groups excluding carboxylic acids is 4. The predicted molar refractivity (Wildman–Crippen MR) is 135 cm³/mol. The number of para-hydroxylation sites is 1. The molecule has 1 aromatic heterocycles. The van der Waals surface area contributed by atoms with Crippen molar-refractivity contribution in [1.29, 1.82) is 0 Å². The lowest BCUT2D eigenvalue weighted by atomic mass is 10.1. The first kappa shape index (κ1) is 26.2. The number of hydrogen-bond donors (Lipinski definition) is 2. The highest BCUT2D eigenvalue weighted by molar-refractivity contribution is 7.19. The number of halogens is 2. The molecule has 0 aliphatic heterocycles. The van der Waals surface area contributed by atoms with Gasteiger partial charge in [0.2, 0.25) is 0 Å². The van der Waals surface area contributed by atoms with Crippen molar-refractivity contribution in [2.24, 2.45) is 0 Å². The molecular formula is C24H20Cl2N2O6S. The van der Waals surface area contributed by atoms with E-state index in [-0.39, 0.29) is 43.9 Å². The van der Waals surface area contributed by atoms with Crippen molar-refractivity contribution in [3.63, 3.8) is 0 Å². The van der Waals surface area contributed by atoms with Crippen LogP contribution in [-0.2, 0) is 9.47 Å². The molecule has 11 heteroatoms. The fraction of sp³-hybridized carbons (Fsp3) is 0.167. The third-order valence-corrected chi connectivity index (χ3v) is 6.57. The number of benzene rings is 2. The molecule has 0 bridgehead atoms. The van der Waals surface area contributed by atoms with Crippen LogP contribution in [0.5, 0.6) is 0 Å². The molecular weight excluding hydrogens is 515 g/mol. The van der Waals surface area contributed by atoms with Crippen molar-refractivity contribution < 1.29 is 28.7 Å². The molecule has 3 rings (SSSR count). The van der Waals surface area contributed by atoms with Gasteiger partial charge in [0, 0.05) is 5.02 Å². The van der Waals surface area contributed by atoms with Crippen LogP contribution in [0.2, 0.25) is 10.0 Å². The van der Waals surface area contributed by atoms with Gasteiger partial charge in [-0.05, 0) is 49.7 Å². The molecule has 0 aliphatic carbocycles. The summed E-state index contributed by atoms with van der Waals surface area (Å²) in [6.45, 7) is 3.30. The van der Waals surface area contributed by atoms with Crippen LogP contribution in [0, 0.1) is 6.92 Å². The summed E-state index contributed by atoms with van der Waals surface area (Å²) in [7, 11) is 1.23. The molecule has 3 aromatic rings. The molecule has 0 spiro atoms. The van der Waals surface area contributed by atoms with Gasteiger partial charge in [-0.2, -0.15) is 0 Å². The zero-order valence-electron chi connectivity index (χ0n) is 18.9. The van der Waals surface area contributed by atoms with Crippen molar-refractivity contribution >= 4 is 69.0 Å². The quantitative estimate of drug-likeness (QED) is 0.369. The summed E-state index contributed by atoms with van der Waals surface area (Å²) in [5, 5.41) is 5.90. The van der Waals surface area contributed by atoms with E-state index in [0.717, 1.165) is 11.3 Å². The second kappa shape index (κ2) is 11.4. The minimum absolute atomic E-state index is 0.0432. The van der Waals surface area contributed by atoms with Crippen LogP contribution < -0.4 is 10.6 Å². The highest BCUT2D eigenvalue weighted by Crippen LogP contribution is 2.35. The highest BCUT2D eigenvalue weighted by atomic mass is 35.5. The largest absolute Gasteiger partial charge is 0.465 e. The fourth-order valence-electron chi connectivity index (χ4n) is 3.17. The second-order valence-corrected chi connectivity index (χ2v) is 8.91. The Morgan fingerprint density at radius 2 is 1.66 bits per heavy atom. The Morgan fingerprint density at radius 1 is 0.943 bits per heavy atom. The lowest BCUT2D eigenvalue weighted by Gasteiger charge is -2.09. The van der Waals surface area contributed by atoms with E-state index in [2.05, 4.69) is 10.6 Å². The number of ether oxygens (including phenoxy) is 2. The van der Waals surface area contributed by atoms with Gasteiger partial charge in [0.1, 0.15) is 5.00 Å². The monoisotopic (exact) mass is 534 g/mol. The fourth-order valence-corrected chi connectivity index (χ4v) is 4.75. The van der Waals surface area contributed by atoms with Gasteiger partial charge in [-0.1, -0.05) is 35.3 Å². The molecule has 2 amide bonds. The highest BCUT2D eigenvalue weighted by Gasteiger charge is 2.28. The van der Waals surface area contributed by atoms with Crippen molar-refractivity contribution in [3.8, 4) is 0 Å². The van der Waals surface area contributed by atoms with Crippen LogP contribution in [0.4, 0.5) is 10.7 Å². The summed E-state index contributed by atoms with van der Waals surface area (Å²) in [5.41, 5.74) is 0.873. The van der Waals surface area contributed by atoms with Crippen LogP contribution >= 0.6 is 34.5 Å². The average molecular weight is 535 g/mol. The zero-order valence-corrected chi connectivity index (χ0v) is 21.2. The molecule has 0 fully saturated rings. The van der Waals surface area contributed by atoms with Crippen LogP contribution in [0.3, 0.4) is 0 Å². The Morgan fingerprint density at radius 3 is 2.31 bits per heavy atom. The van der Waals surface area contributed by atoms with Crippen molar-refractivity contribution in [2.45, 2.75) is 13.8 Å². The number of thiophene rings is 1. The van der Waals surface area contributed by atoms with Gasteiger partial charge in [0.15, 0.2) is 0 Å². The summed E-state index contributed by atoms with van der Waals surface area (Å²) in [6.07, 6.45) is 0. The number of esters is 2. The van der Waals surface area contributed by atoms with Gasteiger partial charge >= 0.3 is 11.9 Å². The predicted octanol–water partition coefficient (Wildman–Crippen LogP) is 5.83. The molecule has 2 aromatic carbocycles. The third-order valence-electron chi connectivity index (χ3n) is 4.82. The van der Waals surface area contributed by atoms with Gasteiger partial charge in [-0.15, -0.1) is 11.3 Å². The van der Waals surface area contributed by atoms with Crippen molar-refractivity contribution in [1.82, 2.24) is 0 Å². The number of rotatable bonds is 7. The third kappa shape index (κ3) is 5.82. The number of anilines is 2. The number of carbonyl (C=O) groups is 4. The van der Waals surface area contributed by atoms with Gasteiger partial charge in [0.05, 0.1) is 46.0 Å². The number of amides is 2. The Balaban J connectivity index is 1.99. The lowest BCUT2D eigenvalue weighted by molar-refractivity contribution is 0.0526. The molecule has 182 valence electrons. The topological polar surface area (TPSA) is 111 Å². The van der Waals surface area contributed by atoms with Crippen LogP contribution in [0.15, 0.2) is 42.5 Å². The molecule has 0 aliphatic rings. The van der Waals surface area contributed by atoms with Crippen molar-refractivity contribution in [2.75, 3.05) is 24.4 Å². The van der Waals surface area contributed by atoms with E-state index in [4.69, 9.17) is 32.7 Å². The molecule has 0 radical (unpaired) electrons. The van der Waals surface area contributed by atoms with Gasteiger partial charge in [0.25, 0.3) is 11.8 Å². The van der Waals surface area contributed by atoms with E-state index in [1.807, 2.05) is 0 Å². The van der Waals surface area contributed by atoms with Crippen LogP contribution in [0.1, 0.15) is 53.2 Å². The molecule has 0 atom stereocenters. The Kier molecular flexibility index (Phi) is 8.50.